The third-order valence-corrected chi connectivity index (χ3v) is 7.17. The Morgan fingerprint density at radius 2 is 1.50 bits per heavy atom. The normalized spacial score (nSPS) is 20.1. The molecule has 3 aliphatic carbocycles. The predicted octanol–water partition coefficient (Wildman–Crippen LogP) is 5.45. The monoisotopic (exact) mass is 492 g/mol. The summed E-state index contributed by atoms with van der Waals surface area (Å²) in [4.78, 5) is 13.0. The lowest BCUT2D eigenvalue weighted by molar-refractivity contribution is -0.143. The van der Waals surface area contributed by atoms with Crippen LogP contribution in [0.5, 0.6) is 0 Å². The Hall–Kier alpha value is -4.01. The Bertz CT molecular complexity index is 1410. The molecule has 0 saturated carbocycles. The molecule has 3 aliphatic rings. The number of amides is 1. The van der Waals surface area contributed by atoms with Crippen LogP contribution in [0.25, 0.3) is 5.69 Å². The molecule has 0 aliphatic heterocycles. The number of fused-ring (bicyclic) bond motifs is 1. The minimum absolute atomic E-state index is 0.0187. The zero-order valence-electron chi connectivity index (χ0n) is 18.8. The first-order valence-corrected chi connectivity index (χ1v) is 11.6. The Morgan fingerprint density at radius 3 is 2.08 bits per heavy atom. The van der Waals surface area contributed by atoms with Crippen molar-refractivity contribution in [2.24, 2.45) is 5.92 Å². The van der Waals surface area contributed by atoms with E-state index in [1.807, 2.05) is 24.3 Å². The van der Waals surface area contributed by atoms with Crippen molar-refractivity contribution in [1.29, 1.82) is 0 Å². The van der Waals surface area contributed by atoms with Gasteiger partial charge in [0.25, 0.3) is 5.91 Å². The van der Waals surface area contributed by atoms with E-state index in [1.54, 1.807) is 0 Å². The van der Waals surface area contributed by atoms with E-state index in [4.69, 9.17) is 0 Å². The van der Waals surface area contributed by atoms with Gasteiger partial charge in [0.15, 0.2) is 11.4 Å². The van der Waals surface area contributed by atoms with E-state index in [0.29, 0.717) is 4.68 Å². The highest BCUT2D eigenvalue weighted by molar-refractivity contribution is 5.93. The first-order valence-electron chi connectivity index (χ1n) is 11.6. The molecule has 5 nitrogen and oxygen atoms in total. The molecule has 0 fully saturated rings. The van der Waals surface area contributed by atoms with Crippen molar-refractivity contribution in [3.05, 3.63) is 112 Å². The molecular formula is C27H20F4N4O. The molecule has 36 heavy (non-hydrogen) atoms. The average Bonchev–Trinajstić information content (AvgIpc) is 3.34. The second-order valence-electron chi connectivity index (χ2n) is 9.17. The Labute approximate surface area is 203 Å². The summed E-state index contributed by atoms with van der Waals surface area (Å²) in [7, 11) is 0. The number of hydrogen-bond acceptors (Lipinski definition) is 3. The first-order chi connectivity index (χ1) is 17.3. The van der Waals surface area contributed by atoms with Crippen LogP contribution in [0, 0.1) is 11.7 Å². The molecule has 9 heteroatoms. The maximum atomic E-state index is 14.0. The minimum atomic E-state index is -4.90. The lowest BCUT2D eigenvalue weighted by Gasteiger charge is -2.45. The van der Waals surface area contributed by atoms with E-state index in [2.05, 4.69) is 39.9 Å². The van der Waals surface area contributed by atoms with Gasteiger partial charge in [-0.2, -0.15) is 13.2 Å². The van der Waals surface area contributed by atoms with Crippen molar-refractivity contribution in [1.82, 2.24) is 20.3 Å². The van der Waals surface area contributed by atoms with Crippen LogP contribution in [0.4, 0.5) is 17.6 Å². The van der Waals surface area contributed by atoms with Crippen molar-refractivity contribution in [2.75, 3.05) is 6.54 Å². The Balaban J connectivity index is 1.29. The average molecular weight is 492 g/mol. The number of halogens is 4. The lowest BCUT2D eigenvalue weighted by Crippen LogP contribution is -2.39. The molecule has 1 N–H and O–H groups in total. The molecule has 3 aromatic carbocycles. The van der Waals surface area contributed by atoms with Crippen molar-refractivity contribution < 1.29 is 22.4 Å². The number of carbonyl (C=O) groups excluding carboxylic acids is 1. The van der Waals surface area contributed by atoms with E-state index in [-0.39, 0.29) is 30.0 Å². The van der Waals surface area contributed by atoms with E-state index in [0.717, 1.165) is 30.7 Å². The molecule has 2 bridgehead atoms. The maximum absolute atomic E-state index is 14.0. The summed E-state index contributed by atoms with van der Waals surface area (Å²) in [5, 5.41) is 9.80. The third kappa shape index (κ3) is 3.57. The molecule has 0 spiro atoms. The second-order valence-corrected chi connectivity index (χ2v) is 9.17. The molecule has 1 heterocycles. The van der Waals surface area contributed by atoms with E-state index in [1.165, 1.54) is 22.3 Å². The summed E-state index contributed by atoms with van der Waals surface area (Å²) in [6.45, 7) is 0.198. The van der Waals surface area contributed by atoms with Gasteiger partial charge in [0.2, 0.25) is 0 Å². The second kappa shape index (κ2) is 8.29. The minimum Gasteiger partial charge on any atom is -0.350 e. The number of hydrogen-bond donors (Lipinski definition) is 1. The smallest absolute Gasteiger partial charge is 0.350 e. The van der Waals surface area contributed by atoms with Gasteiger partial charge in [-0.05, 0) is 58.9 Å². The van der Waals surface area contributed by atoms with Gasteiger partial charge in [-0.15, -0.1) is 5.10 Å². The van der Waals surface area contributed by atoms with Crippen LogP contribution in [0.3, 0.4) is 0 Å². The number of nitrogens with one attached hydrogen (secondary N) is 1. The summed E-state index contributed by atoms with van der Waals surface area (Å²) < 4.78 is 55.7. The zero-order valence-corrected chi connectivity index (χ0v) is 18.8. The molecule has 0 radical (unpaired) electrons. The molecule has 7 rings (SSSR count). The number of rotatable bonds is 4. The number of benzene rings is 3. The van der Waals surface area contributed by atoms with Crippen LogP contribution in [-0.4, -0.2) is 27.4 Å². The number of aromatic nitrogens is 3. The molecule has 182 valence electrons. The number of nitrogens with zero attached hydrogens (tertiary/aromatic N) is 3. The predicted molar refractivity (Wildman–Crippen MR) is 123 cm³/mol. The van der Waals surface area contributed by atoms with Crippen molar-refractivity contribution in [3.8, 4) is 5.69 Å². The fourth-order valence-electron chi connectivity index (χ4n) is 5.72. The summed E-state index contributed by atoms with van der Waals surface area (Å²) in [6, 6.07) is 20.8. The molecule has 1 amide bonds. The van der Waals surface area contributed by atoms with Crippen LogP contribution in [-0.2, 0) is 6.18 Å². The molecule has 1 atom stereocenters. The van der Waals surface area contributed by atoms with Crippen molar-refractivity contribution in [2.45, 2.75) is 24.4 Å². The molecular weight excluding hydrogens is 472 g/mol. The van der Waals surface area contributed by atoms with Crippen molar-refractivity contribution in [3.63, 3.8) is 0 Å². The third-order valence-electron chi connectivity index (χ3n) is 7.17. The highest BCUT2D eigenvalue weighted by Crippen LogP contribution is 2.55. The van der Waals surface area contributed by atoms with E-state index in [9.17, 15) is 22.4 Å². The van der Waals surface area contributed by atoms with Gasteiger partial charge >= 0.3 is 6.18 Å². The van der Waals surface area contributed by atoms with Gasteiger partial charge < -0.3 is 5.32 Å². The molecule has 4 aromatic rings. The summed E-state index contributed by atoms with van der Waals surface area (Å²) >= 11 is 0. The Kier molecular flexibility index (Phi) is 5.17. The van der Waals surface area contributed by atoms with Crippen LogP contribution in [0.15, 0.2) is 72.8 Å². The van der Waals surface area contributed by atoms with Crippen LogP contribution >= 0.6 is 0 Å². The van der Waals surface area contributed by atoms with Gasteiger partial charge in [-0.25, -0.2) is 9.07 Å². The largest absolute Gasteiger partial charge is 0.435 e. The van der Waals surface area contributed by atoms with Gasteiger partial charge in [0, 0.05) is 18.4 Å². The first kappa shape index (κ1) is 22.5. The van der Waals surface area contributed by atoms with Gasteiger partial charge in [-0.3, -0.25) is 4.79 Å². The van der Waals surface area contributed by atoms with Crippen LogP contribution in [0.1, 0.15) is 56.7 Å². The van der Waals surface area contributed by atoms with E-state index >= 15 is 0 Å². The standard InChI is InChI=1S/C27H20F4N4O/c28-16-9-11-17(12-10-16)35-25(27(29,30)31)24(33-34-35)26(36)32-14-15-13-22-18-5-1-3-7-20(18)23(15)21-8-4-2-6-19(21)22/h1-12,15,22-23H,13-14H2,(H,32,36). The highest BCUT2D eigenvalue weighted by Gasteiger charge is 2.44. The number of carbonyl (C=O) groups is 1. The SMILES string of the molecule is O=C(NCC1CC2c3ccccc3C1c1ccccc12)c1nnn(-c2ccc(F)cc2)c1C(F)(F)F. The fourth-order valence-corrected chi connectivity index (χ4v) is 5.72. The fraction of sp³-hybridized carbons (Fsp3) is 0.222. The van der Waals surface area contributed by atoms with Gasteiger partial charge in [0.1, 0.15) is 5.82 Å². The number of alkyl halides is 3. The lowest BCUT2D eigenvalue weighted by atomic mass is 9.59. The summed E-state index contributed by atoms with van der Waals surface area (Å²) in [5.41, 5.74) is 2.78. The maximum Gasteiger partial charge on any atom is 0.435 e. The quantitative estimate of drug-likeness (QED) is 0.386. The van der Waals surface area contributed by atoms with Gasteiger partial charge in [-0.1, -0.05) is 53.7 Å². The topological polar surface area (TPSA) is 59.8 Å². The molecule has 0 saturated heterocycles. The summed E-state index contributed by atoms with van der Waals surface area (Å²) in [5.74, 6) is -1.31. The van der Waals surface area contributed by atoms with Crippen LogP contribution < -0.4 is 5.32 Å². The highest BCUT2D eigenvalue weighted by atomic mass is 19.4. The van der Waals surface area contributed by atoms with E-state index < -0.39 is 29.3 Å². The molecule has 1 unspecified atom stereocenters. The summed E-state index contributed by atoms with van der Waals surface area (Å²) in [6.07, 6.45) is -4.11. The van der Waals surface area contributed by atoms with Crippen molar-refractivity contribution >= 4 is 5.91 Å². The zero-order chi connectivity index (χ0) is 25.0. The van der Waals surface area contributed by atoms with Crippen LogP contribution in [0.2, 0.25) is 0 Å². The molecule has 1 aromatic heterocycles. The Morgan fingerprint density at radius 1 is 0.917 bits per heavy atom. The van der Waals surface area contributed by atoms with Gasteiger partial charge in [0.05, 0.1) is 5.69 Å².